The first-order valence-electron chi connectivity index (χ1n) is 8.52. The number of ether oxygens (including phenoxy) is 1. The van der Waals surface area contributed by atoms with Crippen LogP contribution in [0.5, 0.6) is 0 Å². The van der Waals surface area contributed by atoms with E-state index in [1.54, 1.807) is 23.1 Å². The van der Waals surface area contributed by atoms with E-state index in [9.17, 15) is 18.0 Å². The summed E-state index contributed by atoms with van der Waals surface area (Å²) in [6.07, 6.45) is -3.61. The molecular weight excluding hydrogens is 441 g/mol. The summed E-state index contributed by atoms with van der Waals surface area (Å²) in [5.74, 6) is -0.290. The van der Waals surface area contributed by atoms with Gasteiger partial charge in [-0.1, -0.05) is 22.0 Å². The Morgan fingerprint density at radius 3 is 2.64 bits per heavy atom. The first kappa shape index (κ1) is 20.4. The van der Waals surface area contributed by atoms with Crippen molar-refractivity contribution in [3.05, 3.63) is 40.0 Å². The first-order valence-corrected chi connectivity index (χ1v) is 9.32. The van der Waals surface area contributed by atoms with Crippen LogP contribution in [0.15, 0.2) is 28.7 Å². The van der Waals surface area contributed by atoms with Crippen molar-refractivity contribution in [2.24, 2.45) is 0 Å². The summed E-state index contributed by atoms with van der Waals surface area (Å²) in [4.78, 5) is 21.1. The molecule has 0 unspecified atom stereocenters. The average molecular weight is 459 g/mol. The zero-order valence-corrected chi connectivity index (χ0v) is 16.8. The van der Waals surface area contributed by atoms with Crippen molar-refractivity contribution in [2.75, 3.05) is 23.9 Å². The number of alkyl halides is 3. The number of benzene rings is 1. The van der Waals surface area contributed by atoms with E-state index >= 15 is 0 Å². The summed E-state index contributed by atoms with van der Waals surface area (Å²) in [5, 5.41) is 2.89. The molecule has 0 amide bonds. The van der Waals surface area contributed by atoms with E-state index in [0.717, 1.165) is 12.5 Å². The molecule has 1 aromatic heterocycles. The van der Waals surface area contributed by atoms with Crippen molar-refractivity contribution < 1.29 is 22.7 Å². The Morgan fingerprint density at radius 1 is 1.36 bits per heavy atom. The van der Waals surface area contributed by atoms with Crippen LogP contribution in [0, 0.1) is 0 Å². The minimum Gasteiger partial charge on any atom is -0.469 e. The Labute approximate surface area is 168 Å². The van der Waals surface area contributed by atoms with Crippen LogP contribution in [-0.4, -0.2) is 35.6 Å². The third-order valence-electron chi connectivity index (χ3n) is 4.47. The van der Waals surface area contributed by atoms with Crippen LogP contribution in [0.25, 0.3) is 0 Å². The summed E-state index contributed by atoms with van der Waals surface area (Å²) in [6.45, 7) is 2.53. The number of esters is 1. The van der Waals surface area contributed by atoms with E-state index in [4.69, 9.17) is 0 Å². The molecule has 1 atom stereocenters. The number of anilines is 3. The van der Waals surface area contributed by atoms with Gasteiger partial charge in [0, 0.05) is 28.8 Å². The van der Waals surface area contributed by atoms with Gasteiger partial charge in [-0.05, 0) is 31.0 Å². The lowest BCUT2D eigenvalue weighted by Gasteiger charge is -2.38. The van der Waals surface area contributed by atoms with Crippen molar-refractivity contribution in [3.63, 3.8) is 0 Å². The topological polar surface area (TPSA) is 67.3 Å². The number of carbonyl (C=O) groups is 1. The van der Waals surface area contributed by atoms with Gasteiger partial charge in [0.2, 0.25) is 5.95 Å². The van der Waals surface area contributed by atoms with Gasteiger partial charge >= 0.3 is 12.1 Å². The number of carbonyl (C=O) groups excluding carboxylic acids is 1. The molecule has 1 aromatic carbocycles. The second-order valence-electron chi connectivity index (χ2n) is 6.45. The molecule has 1 N–H and O–H groups in total. The minimum atomic E-state index is -4.58. The second-order valence-corrected chi connectivity index (χ2v) is 7.31. The van der Waals surface area contributed by atoms with E-state index in [0.29, 0.717) is 22.3 Å². The number of hydrogen-bond acceptors (Lipinski definition) is 6. The maximum Gasteiger partial charge on any atom is 0.433 e. The van der Waals surface area contributed by atoms with Crippen LogP contribution in [-0.2, 0) is 22.1 Å². The zero-order valence-electron chi connectivity index (χ0n) is 15.2. The smallest absolute Gasteiger partial charge is 0.433 e. The van der Waals surface area contributed by atoms with Crippen molar-refractivity contribution in [2.45, 2.75) is 32.0 Å². The lowest BCUT2D eigenvalue weighted by molar-refractivity contribution is -0.141. The summed E-state index contributed by atoms with van der Waals surface area (Å²) < 4.78 is 45.0. The van der Waals surface area contributed by atoms with Crippen LogP contribution in [0.2, 0.25) is 0 Å². The molecule has 0 spiro atoms. The minimum absolute atomic E-state index is 0.0454. The zero-order chi connectivity index (χ0) is 20.5. The number of rotatable bonds is 5. The molecule has 0 aliphatic carbocycles. The fourth-order valence-corrected chi connectivity index (χ4v) is 3.25. The van der Waals surface area contributed by atoms with Crippen molar-refractivity contribution in [1.29, 1.82) is 0 Å². The molecule has 0 saturated carbocycles. The highest BCUT2D eigenvalue weighted by molar-refractivity contribution is 9.10. The van der Waals surface area contributed by atoms with Gasteiger partial charge in [-0.2, -0.15) is 18.2 Å². The van der Waals surface area contributed by atoms with Crippen LogP contribution in [0.4, 0.5) is 30.6 Å². The third-order valence-corrected chi connectivity index (χ3v) is 5.21. The van der Waals surface area contributed by atoms with E-state index in [1.807, 2.05) is 6.92 Å². The summed E-state index contributed by atoms with van der Waals surface area (Å²) in [5.41, 5.74) is 0.224. The van der Waals surface area contributed by atoms with Crippen molar-refractivity contribution in [1.82, 2.24) is 9.97 Å². The van der Waals surface area contributed by atoms with E-state index in [-0.39, 0.29) is 30.2 Å². The third kappa shape index (κ3) is 4.54. The van der Waals surface area contributed by atoms with E-state index < -0.39 is 11.9 Å². The van der Waals surface area contributed by atoms with Gasteiger partial charge in [-0.15, -0.1) is 0 Å². The van der Waals surface area contributed by atoms with E-state index in [1.165, 1.54) is 7.11 Å². The monoisotopic (exact) mass is 458 g/mol. The van der Waals surface area contributed by atoms with Gasteiger partial charge in [0.1, 0.15) is 5.82 Å². The number of nitrogens with zero attached hydrogens (tertiary/aromatic N) is 3. The summed E-state index contributed by atoms with van der Waals surface area (Å²) in [7, 11) is 1.30. The predicted octanol–water partition coefficient (Wildman–Crippen LogP) is 4.32. The molecule has 2 heterocycles. The van der Waals surface area contributed by atoms with Crippen LogP contribution in [0.1, 0.15) is 24.6 Å². The van der Waals surface area contributed by atoms with Gasteiger partial charge in [0.05, 0.1) is 13.5 Å². The van der Waals surface area contributed by atoms with Gasteiger partial charge in [-0.3, -0.25) is 4.79 Å². The number of hydrogen-bond donors (Lipinski definition) is 1. The molecule has 2 aromatic rings. The number of methoxy groups -OCH3 is 1. The Morgan fingerprint density at radius 2 is 2.11 bits per heavy atom. The maximum absolute atomic E-state index is 13.3. The first-order chi connectivity index (χ1) is 13.2. The normalized spacial score (nSPS) is 16.5. The van der Waals surface area contributed by atoms with Crippen molar-refractivity contribution >= 4 is 39.4 Å². The molecule has 1 aliphatic heterocycles. The average Bonchev–Trinajstić information content (AvgIpc) is 2.61. The number of halogens is 4. The largest absolute Gasteiger partial charge is 0.469 e. The van der Waals surface area contributed by atoms with Crippen molar-refractivity contribution in [3.8, 4) is 0 Å². The lowest BCUT2D eigenvalue weighted by atomic mass is 10.1. The standard InChI is InChI=1S/C18H18BrF3N4O2/c1-10-5-6-26(10)17-24-14(18(20,21)22)9-15(25-17)23-12-4-3-11(13(19)8-12)7-16(27)28-2/h3-4,8-10H,5-7H2,1-2H3,(H,23,24,25)/t10-/m0/s1. The fourth-order valence-electron chi connectivity index (χ4n) is 2.73. The summed E-state index contributed by atoms with van der Waals surface area (Å²) in [6, 6.07) is 5.99. The van der Waals surface area contributed by atoms with Gasteiger partial charge in [-0.25, -0.2) is 4.98 Å². The molecule has 3 rings (SSSR count). The molecule has 1 saturated heterocycles. The highest BCUT2D eigenvalue weighted by atomic mass is 79.9. The van der Waals surface area contributed by atoms with Gasteiger partial charge in [0.25, 0.3) is 0 Å². The number of aromatic nitrogens is 2. The van der Waals surface area contributed by atoms with Crippen LogP contribution < -0.4 is 10.2 Å². The Bertz CT molecular complexity index is 892. The molecule has 0 bridgehead atoms. The van der Waals surface area contributed by atoms with E-state index in [2.05, 4.69) is 36.0 Å². The highest BCUT2D eigenvalue weighted by Gasteiger charge is 2.35. The molecule has 10 heteroatoms. The van der Waals surface area contributed by atoms with Gasteiger partial charge < -0.3 is 15.0 Å². The molecule has 1 aliphatic rings. The lowest BCUT2D eigenvalue weighted by Crippen LogP contribution is -2.46. The fraction of sp³-hybridized carbons (Fsp3) is 0.389. The predicted molar refractivity (Wildman–Crippen MR) is 102 cm³/mol. The molecule has 1 fully saturated rings. The van der Waals surface area contributed by atoms with Gasteiger partial charge in [0.15, 0.2) is 5.69 Å². The Kier molecular flexibility index (Phi) is 5.78. The second kappa shape index (κ2) is 7.94. The molecule has 6 nitrogen and oxygen atoms in total. The van der Waals surface area contributed by atoms with Crippen LogP contribution in [0.3, 0.4) is 0 Å². The quantitative estimate of drug-likeness (QED) is 0.673. The summed E-state index contributed by atoms with van der Waals surface area (Å²) >= 11 is 3.36. The molecular formula is C18H18BrF3N4O2. The van der Waals surface area contributed by atoms with Crippen LogP contribution >= 0.6 is 15.9 Å². The SMILES string of the molecule is COC(=O)Cc1ccc(Nc2cc(C(F)(F)F)nc(N3CC[C@@H]3C)n2)cc1Br. The Balaban J connectivity index is 1.88. The Hall–Kier alpha value is -2.36. The molecule has 150 valence electrons. The molecule has 0 radical (unpaired) electrons. The maximum atomic E-state index is 13.3. The highest BCUT2D eigenvalue weighted by Crippen LogP contribution is 2.33. The molecule has 28 heavy (non-hydrogen) atoms. The number of nitrogens with one attached hydrogen (secondary N) is 1.